The molecule has 0 unspecified atom stereocenters. The summed E-state index contributed by atoms with van der Waals surface area (Å²) in [5.74, 6) is 2.25. The molecule has 0 aliphatic carbocycles. The highest BCUT2D eigenvalue weighted by molar-refractivity contribution is 5.93. The van der Waals surface area contributed by atoms with Crippen molar-refractivity contribution in [3.05, 3.63) is 42.5 Å². The van der Waals surface area contributed by atoms with Gasteiger partial charge in [-0.25, -0.2) is 15.0 Å². The molecule has 3 heterocycles. The minimum absolute atomic E-state index is 0.0417. The molecule has 1 saturated heterocycles. The topological polar surface area (TPSA) is 74.2 Å². The van der Waals surface area contributed by atoms with Gasteiger partial charge in [-0.3, -0.25) is 4.79 Å². The summed E-state index contributed by atoms with van der Waals surface area (Å²) in [5, 5.41) is 3.26. The van der Waals surface area contributed by atoms with E-state index in [2.05, 4.69) is 39.0 Å². The number of carbonyl (C=O) groups excluding carboxylic acids is 1. The molecule has 0 radical (unpaired) electrons. The van der Waals surface area contributed by atoms with Crippen LogP contribution in [0.2, 0.25) is 0 Å². The Labute approximate surface area is 154 Å². The van der Waals surface area contributed by atoms with Crippen LogP contribution in [0.4, 0.5) is 11.6 Å². The maximum absolute atomic E-state index is 12.8. The first-order valence-electron chi connectivity index (χ1n) is 9.14. The third-order valence-electron chi connectivity index (χ3n) is 4.45. The van der Waals surface area contributed by atoms with E-state index in [-0.39, 0.29) is 5.91 Å². The lowest BCUT2D eigenvalue weighted by molar-refractivity contribution is 0.0740. The van der Waals surface area contributed by atoms with Crippen molar-refractivity contribution in [1.29, 1.82) is 0 Å². The molecule has 1 fully saturated rings. The third-order valence-corrected chi connectivity index (χ3v) is 4.45. The van der Waals surface area contributed by atoms with Gasteiger partial charge in [0, 0.05) is 45.0 Å². The van der Waals surface area contributed by atoms with Crippen molar-refractivity contribution in [2.75, 3.05) is 42.9 Å². The van der Waals surface area contributed by atoms with Gasteiger partial charge in [0.2, 0.25) is 0 Å². The van der Waals surface area contributed by atoms with Crippen LogP contribution in [-0.2, 0) is 0 Å². The molecule has 1 aliphatic heterocycles. The van der Waals surface area contributed by atoms with Gasteiger partial charge in [0.05, 0.1) is 0 Å². The first kappa shape index (κ1) is 18.1. The molecule has 2 aromatic rings. The van der Waals surface area contributed by atoms with Crippen molar-refractivity contribution >= 4 is 17.5 Å². The molecule has 7 nitrogen and oxygen atoms in total. The quantitative estimate of drug-likeness (QED) is 0.858. The van der Waals surface area contributed by atoms with Gasteiger partial charge in [-0.05, 0) is 24.5 Å². The lowest BCUT2D eigenvalue weighted by Crippen LogP contribution is -2.49. The number of hydrogen-bond donors (Lipinski definition) is 1. The number of pyridine rings is 1. The van der Waals surface area contributed by atoms with E-state index in [1.165, 1.54) is 6.33 Å². The van der Waals surface area contributed by atoms with Crippen molar-refractivity contribution in [2.45, 2.75) is 20.3 Å². The highest BCUT2D eigenvalue weighted by atomic mass is 16.2. The fraction of sp³-hybridized carbons (Fsp3) is 0.474. The van der Waals surface area contributed by atoms with Crippen molar-refractivity contribution in [3.8, 4) is 0 Å². The minimum Gasteiger partial charge on any atom is -0.370 e. The highest BCUT2D eigenvalue weighted by Gasteiger charge is 2.23. The van der Waals surface area contributed by atoms with E-state index >= 15 is 0 Å². The zero-order valence-corrected chi connectivity index (χ0v) is 15.4. The van der Waals surface area contributed by atoms with Gasteiger partial charge < -0.3 is 15.1 Å². The Morgan fingerprint density at radius 2 is 1.96 bits per heavy atom. The largest absolute Gasteiger partial charge is 0.370 e. The first-order valence-corrected chi connectivity index (χ1v) is 9.14. The van der Waals surface area contributed by atoms with Crippen LogP contribution in [0.3, 0.4) is 0 Å². The van der Waals surface area contributed by atoms with Crippen molar-refractivity contribution in [3.63, 3.8) is 0 Å². The van der Waals surface area contributed by atoms with Gasteiger partial charge in [0.15, 0.2) is 0 Å². The number of piperazine rings is 1. The summed E-state index contributed by atoms with van der Waals surface area (Å²) in [6.45, 7) is 8.07. The molecule has 138 valence electrons. The zero-order valence-electron chi connectivity index (χ0n) is 15.4. The molecular weight excluding hydrogens is 328 g/mol. The van der Waals surface area contributed by atoms with E-state index < -0.39 is 0 Å². The Balaban J connectivity index is 1.56. The molecule has 1 aliphatic rings. The van der Waals surface area contributed by atoms with Crippen molar-refractivity contribution in [1.82, 2.24) is 19.9 Å². The van der Waals surface area contributed by atoms with Crippen LogP contribution in [0.15, 0.2) is 36.8 Å². The van der Waals surface area contributed by atoms with E-state index in [1.54, 1.807) is 12.3 Å². The average molecular weight is 354 g/mol. The number of nitrogens with zero attached hydrogens (tertiary/aromatic N) is 5. The van der Waals surface area contributed by atoms with E-state index in [9.17, 15) is 4.79 Å². The van der Waals surface area contributed by atoms with Gasteiger partial charge >= 0.3 is 0 Å². The van der Waals surface area contributed by atoms with Gasteiger partial charge in [-0.1, -0.05) is 19.9 Å². The molecule has 0 bridgehead atoms. The molecule has 0 aromatic carbocycles. The number of hydrogen-bond acceptors (Lipinski definition) is 6. The summed E-state index contributed by atoms with van der Waals surface area (Å²) in [6, 6.07) is 7.63. The SMILES string of the molecule is CC(C)CCNc1cc(C(=O)N2CCN(c3ccccn3)CC2)ncn1. The molecule has 3 rings (SSSR count). The summed E-state index contributed by atoms with van der Waals surface area (Å²) >= 11 is 0. The second-order valence-electron chi connectivity index (χ2n) is 6.86. The predicted octanol–water partition coefficient (Wildman–Crippen LogP) is 2.29. The second-order valence-corrected chi connectivity index (χ2v) is 6.86. The lowest BCUT2D eigenvalue weighted by Gasteiger charge is -2.35. The van der Waals surface area contributed by atoms with E-state index in [0.717, 1.165) is 31.9 Å². The fourth-order valence-electron chi connectivity index (χ4n) is 2.90. The predicted molar refractivity (Wildman–Crippen MR) is 102 cm³/mol. The van der Waals surface area contributed by atoms with Gasteiger partial charge in [0.1, 0.15) is 23.7 Å². The third kappa shape index (κ3) is 4.68. The number of rotatable bonds is 6. The maximum Gasteiger partial charge on any atom is 0.272 e. The molecule has 26 heavy (non-hydrogen) atoms. The molecule has 0 saturated carbocycles. The second kappa shape index (κ2) is 8.60. The van der Waals surface area contributed by atoms with Gasteiger partial charge in [0.25, 0.3) is 5.91 Å². The average Bonchev–Trinajstić information content (AvgIpc) is 2.68. The fourth-order valence-corrected chi connectivity index (χ4v) is 2.90. The smallest absolute Gasteiger partial charge is 0.272 e. The molecule has 1 amide bonds. The summed E-state index contributed by atoms with van der Waals surface area (Å²) in [4.78, 5) is 29.5. The number of anilines is 2. The Hall–Kier alpha value is -2.70. The molecular formula is C19H26N6O. The van der Waals surface area contributed by atoms with Gasteiger partial charge in [-0.2, -0.15) is 0 Å². The Bertz CT molecular complexity index is 713. The Morgan fingerprint density at radius 1 is 1.15 bits per heavy atom. The molecule has 0 spiro atoms. The monoisotopic (exact) mass is 354 g/mol. The number of carbonyl (C=O) groups is 1. The molecule has 1 N–H and O–H groups in total. The summed E-state index contributed by atoms with van der Waals surface area (Å²) < 4.78 is 0. The Morgan fingerprint density at radius 3 is 2.65 bits per heavy atom. The van der Waals surface area contributed by atoms with E-state index in [0.29, 0.717) is 30.5 Å². The zero-order chi connectivity index (χ0) is 18.4. The summed E-state index contributed by atoms with van der Waals surface area (Å²) in [5.41, 5.74) is 0.443. The van der Waals surface area contributed by atoms with Crippen LogP contribution >= 0.6 is 0 Å². The summed E-state index contributed by atoms with van der Waals surface area (Å²) in [7, 11) is 0. The van der Waals surface area contributed by atoms with Crippen LogP contribution in [0.5, 0.6) is 0 Å². The minimum atomic E-state index is -0.0417. The van der Waals surface area contributed by atoms with Crippen LogP contribution in [-0.4, -0.2) is 58.5 Å². The van der Waals surface area contributed by atoms with Crippen molar-refractivity contribution in [2.24, 2.45) is 5.92 Å². The van der Waals surface area contributed by atoms with Crippen LogP contribution in [0.25, 0.3) is 0 Å². The van der Waals surface area contributed by atoms with Crippen LogP contribution in [0.1, 0.15) is 30.8 Å². The maximum atomic E-state index is 12.8. The molecule has 7 heteroatoms. The van der Waals surface area contributed by atoms with E-state index in [4.69, 9.17) is 0 Å². The normalized spacial score (nSPS) is 14.6. The first-order chi connectivity index (χ1) is 12.6. The van der Waals surface area contributed by atoms with Gasteiger partial charge in [-0.15, -0.1) is 0 Å². The Kier molecular flexibility index (Phi) is 5.99. The molecule has 0 atom stereocenters. The lowest BCUT2D eigenvalue weighted by atomic mass is 10.1. The standard InChI is InChI=1S/C19H26N6O/c1-15(2)6-8-20-17-13-16(22-14-23-17)19(26)25-11-9-24(10-12-25)18-5-3-4-7-21-18/h3-5,7,13-15H,6,8-12H2,1-2H3,(H,20,22,23). The summed E-state index contributed by atoms with van der Waals surface area (Å²) in [6.07, 6.45) is 4.30. The number of aromatic nitrogens is 3. The molecule has 2 aromatic heterocycles. The number of amides is 1. The van der Waals surface area contributed by atoms with Crippen LogP contribution in [0, 0.1) is 5.92 Å². The highest BCUT2D eigenvalue weighted by Crippen LogP contribution is 2.15. The van der Waals surface area contributed by atoms with E-state index in [1.807, 2.05) is 23.1 Å². The van der Waals surface area contributed by atoms with Crippen molar-refractivity contribution < 1.29 is 4.79 Å². The number of nitrogens with one attached hydrogen (secondary N) is 1. The van der Waals surface area contributed by atoms with Crippen LogP contribution < -0.4 is 10.2 Å².